The Morgan fingerprint density at radius 2 is 1.97 bits per heavy atom. The fourth-order valence-electron chi connectivity index (χ4n) is 4.21. The fraction of sp³-hybridized carbons (Fsp3) is 0.417. The third-order valence-electron chi connectivity index (χ3n) is 6.11. The van der Waals surface area contributed by atoms with Crippen molar-refractivity contribution in [3.05, 3.63) is 62.5 Å². The Morgan fingerprint density at radius 1 is 1.24 bits per heavy atom. The van der Waals surface area contributed by atoms with Crippen molar-refractivity contribution in [1.29, 1.82) is 0 Å². The number of methoxy groups -OCH3 is 1. The molecule has 0 radical (unpaired) electrons. The Hall–Kier alpha value is -3.04. The Balaban J connectivity index is 1.75. The highest BCUT2D eigenvalue weighted by Gasteiger charge is 2.36. The first-order chi connectivity index (χ1) is 15.8. The van der Waals surface area contributed by atoms with Crippen LogP contribution in [0.4, 0.5) is 0 Å². The second-order valence-electron chi connectivity index (χ2n) is 8.48. The van der Waals surface area contributed by atoms with Crippen molar-refractivity contribution in [1.82, 2.24) is 19.7 Å². The molecule has 0 saturated carbocycles. The monoisotopic (exact) mass is 468 g/mol. The third-order valence-corrected chi connectivity index (χ3v) is 7.06. The van der Waals surface area contributed by atoms with Crippen molar-refractivity contribution in [2.24, 2.45) is 5.92 Å². The molecule has 0 aliphatic carbocycles. The summed E-state index contributed by atoms with van der Waals surface area (Å²) >= 11 is 1.32. The van der Waals surface area contributed by atoms with E-state index in [1.807, 2.05) is 45.0 Å². The first-order valence-electron chi connectivity index (χ1n) is 11.0. The number of hydrogen-bond acceptors (Lipinski definition) is 7. The lowest BCUT2D eigenvalue weighted by atomic mass is 9.97. The maximum absolute atomic E-state index is 13.1. The molecule has 0 fully saturated rings. The molecule has 174 valence electrons. The van der Waals surface area contributed by atoms with Crippen LogP contribution in [0.5, 0.6) is 5.75 Å². The number of amides is 1. The number of aryl methyl sites for hydroxylation is 1. The number of ether oxygens (including phenoxy) is 1. The molecule has 1 amide bonds. The number of aromatic hydroxyl groups is 1. The summed E-state index contributed by atoms with van der Waals surface area (Å²) in [5.74, 6) is -0.838. The summed E-state index contributed by atoms with van der Waals surface area (Å²) in [5.41, 5.74) is 1.95. The van der Waals surface area contributed by atoms with Gasteiger partial charge in [0.05, 0.1) is 18.2 Å². The minimum atomic E-state index is -0.608. The highest BCUT2D eigenvalue weighted by Crippen LogP contribution is 2.33. The molecule has 2 aromatic heterocycles. The summed E-state index contributed by atoms with van der Waals surface area (Å²) in [4.78, 5) is 27.7. The number of aromatic nitrogens is 3. The predicted molar refractivity (Wildman–Crippen MR) is 127 cm³/mol. The molecule has 0 spiro atoms. The Morgan fingerprint density at radius 3 is 2.64 bits per heavy atom. The van der Waals surface area contributed by atoms with Gasteiger partial charge < -0.3 is 19.3 Å². The number of rotatable bonds is 7. The van der Waals surface area contributed by atoms with Gasteiger partial charge in [0.15, 0.2) is 16.5 Å². The lowest BCUT2D eigenvalue weighted by molar-refractivity contribution is 0.0574. The normalized spacial score (nSPS) is 16.7. The molecule has 9 heteroatoms. The van der Waals surface area contributed by atoms with Gasteiger partial charge in [0.1, 0.15) is 5.01 Å². The van der Waals surface area contributed by atoms with Gasteiger partial charge in [-0.1, -0.05) is 48.1 Å². The lowest BCUT2D eigenvalue weighted by Gasteiger charge is -2.38. The number of carbonyl (C=O) groups is 1. The SMILES string of the molecule is CCN1C[C@H]([C@@H](C)COC)n2cc(-c3nnc(Cc4ccc(C)cc4)s3)c(=O)c(O)c2C1=O. The topological polar surface area (TPSA) is 97.6 Å². The number of carbonyl (C=O) groups excluding carboxylic acids is 1. The van der Waals surface area contributed by atoms with E-state index in [-0.39, 0.29) is 29.1 Å². The van der Waals surface area contributed by atoms with E-state index < -0.39 is 11.2 Å². The lowest BCUT2D eigenvalue weighted by Crippen LogP contribution is -2.46. The van der Waals surface area contributed by atoms with E-state index in [2.05, 4.69) is 10.2 Å². The molecule has 3 heterocycles. The van der Waals surface area contributed by atoms with Gasteiger partial charge in [0.25, 0.3) is 5.91 Å². The first-order valence-corrected chi connectivity index (χ1v) is 11.8. The first kappa shape index (κ1) is 23.1. The number of nitrogens with zero attached hydrogens (tertiary/aromatic N) is 4. The molecular weight excluding hydrogens is 440 g/mol. The van der Waals surface area contributed by atoms with E-state index in [9.17, 15) is 14.7 Å². The molecule has 3 aromatic rings. The van der Waals surface area contributed by atoms with Crippen molar-refractivity contribution in [3.8, 4) is 16.3 Å². The quantitative estimate of drug-likeness (QED) is 0.572. The summed E-state index contributed by atoms with van der Waals surface area (Å²) < 4.78 is 7.07. The molecule has 8 nitrogen and oxygen atoms in total. The number of pyridine rings is 1. The Labute approximate surface area is 196 Å². The molecule has 1 aromatic carbocycles. The van der Waals surface area contributed by atoms with E-state index in [1.54, 1.807) is 22.8 Å². The molecule has 0 bridgehead atoms. The maximum Gasteiger partial charge on any atom is 0.274 e. The van der Waals surface area contributed by atoms with Gasteiger partial charge in [-0.2, -0.15) is 0 Å². The van der Waals surface area contributed by atoms with Crippen LogP contribution in [0.3, 0.4) is 0 Å². The summed E-state index contributed by atoms with van der Waals surface area (Å²) in [6, 6.07) is 8.03. The minimum Gasteiger partial charge on any atom is -0.503 e. The van der Waals surface area contributed by atoms with Crippen molar-refractivity contribution in [2.45, 2.75) is 33.2 Å². The smallest absolute Gasteiger partial charge is 0.274 e. The van der Waals surface area contributed by atoms with Gasteiger partial charge in [-0.05, 0) is 19.4 Å². The van der Waals surface area contributed by atoms with E-state index in [1.165, 1.54) is 16.9 Å². The molecule has 0 saturated heterocycles. The molecule has 1 aliphatic rings. The molecule has 2 atom stereocenters. The number of fused-ring (bicyclic) bond motifs is 1. The Bertz CT molecular complexity index is 1220. The van der Waals surface area contributed by atoms with Crippen LogP contribution in [0, 0.1) is 12.8 Å². The van der Waals surface area contributed by atoms with Crippen LogP contribution in [0.1, 0.15) is 46.5 Å². The second kappa shape index (κ2) is 9.44. The van der Waals surface area contributed by atoms with Crippen molar-refractivity contribution in [3.63, 3.8) is 0 Å². The third kappa shape index (κ3) is 4.43. The van der Waals surface area contributed by atoms with E-state index in [0.29, 0.717) is 31.1 Å². The van der Waals surface area contributed by atoms with Gasteiger partial charge in [-0.15, -0.1) is 10.2 Å². The number of hydrogen-bond donors (Lipinski definition) is 1. The number of likely N-dealkylation sites (N-methyl/N-ethyl adjacent to an activating group) is 1. The molecule has 0 unspecified atom stereocenters. The molecule has 4 rings (SSSR count). The average Bonchev–Trinajstić information content (AvgIpc) is 3.26. The molecule has 33 heavy (non-hydrogen) atoms. The summed E-state index contributed by atoms with van der Waals surface area (Å²) in [5, 5.41) is 20.5. The van der Waals surface area contributed by atoms with Gasteiger partial charge in [0, 0.05) is 38.7 Å². The molecule has 1 N–H and O–H groups in total. The highest BCUT2D eigenvalue weighted by atomic mass is 32.1. The second-order valence-corrected chi connectivity index (χ2v) is 9.55. The summed E-state index contributed by atoms with van der Waals surface area (Å²) in [6.07, 6.45) is 2.25. The van der Waals surface area contributed by atoms with Crippen LogP contribution in [0.2, 0.25) is 0 Å². The van der Waals surface area contributed by atoms with Gasteiger partial charge in [-0.3, -0.25) is 9.59 Å². The van der Waals surface area contributed by atoms with Gasteiger partial charge >= 0.3 is 0 Å². The van der Waals surface area contributed by atoms with Crippen LogP contribution in [-0.4, -0.2) is 57.5 Å². The van der Waals surface area contributed by atoms with E-state index >= 15 is 0 Å². The maximum atomic E-state index is 13.1. The van der Waals surface area contributed by atoms with Crippen molar-refractivity contribution in [2.75, 3.05) is 26.8 Å². The zero-order valence-corrected chi connectivity index (χ0v) is 20.1. The largest absolute Gasteiger partial charge is 0.503 e. The van der Waals surface area contributed by atoms with Gasteiger partial charge in [0.2, 0.25) is 5.43 Å². The van der Waals surface area contributed by atoms with Gasteiger partial charge in [-0.25, -0.2) is 0 Å². The van der Waals surface area contributed by atoms with Crippen LogP contribution in [0.15, 0.2) is 35.3 Å². The van der Waals surface area contributed by atoms with Crippen molar-refractivity contribution >= 4 is 17.2 Å². The van der Waals surface area contributed by atoms with E-state index in [4.69, 9.17) is 4.74 Å². The summed E-state index contributed by atoms with van der Waals surface area (Å²) in [7, 11) is 1.63. The van der Waals surface area contributed by atoms with Crippen molar-refractivity contribution < 1.29 is 14.6 Å². The molecular formula is C24H28N4O4S. The van der Waals surface area contributed by atoms with Crippen LogP contribution in [-0.2, 0) is 11.2 Å². The van der Waals surface area contributed by atoms with Crippen LogP contribution >= 0.6 is 11.3 Å². The Kier molecular flexibility index (Phi) is 6.62. The minimum absolute atomic E-state index is 0.0224. The summed E-state index contributed by atoms with van der Waals surface area (Å²) in [6.45, 7) is 7.39. The van der Waals surface area contributed by atoms with Crippen LogP contribution < -0.4 is 5.43 Å². The van der Waals surface area contributed by atoms with Crippen LogP contribution in [0.25, 0.3) is 10.6 Å². The predicted octanol–water partition coefficient (Wildman–Crippen LogP) is 3.27. The number of benzene rings is 1. The average molecular weight is 469 g/mol. The molecule has 1 aliphatic heterocycles. The zero-order valence-electron chi connectivity index (χ0n) is 19.2. The van der Waals surface area contributed by atoms with E-state index in [0.717, 1.165) is 10.6 Å². The standard InChI is InChI=1S/C24H28N4O4S/c1-5-27-12-18(15(3)13-32-4)28-11-17(21(29)22(30)20(28)24(27)31)23-26-25-19(33-23)10-16-8-6-14(2)7-9-16/h6-9,11,15,18,30H,5,10,12-13H2,1-4H3/t15-,18+/m0/s1. The zero-order chi connectivity index (χ0) is 23.7. The highest BCUT2D eigenvalue weighted by molar-refractivity contribution is 7.14. The fourth-order valence-corrected chi connectivity index (χ4v) is 5.09.